The third-order valence-electron chi connectivity index (χ3n) is 2.36. The molecule has 0 radical (unpaired) electrons. The van der Waals surface area contributed by atoms with Gasteiger partial charge in [-0.3, -0.25) is 0 Å². The van der Waals surface area contributed by atoms with Gasteiger partial charge in [0.15, 0.2) is 0 Å². The molecule has 1 N–H and O–H groups in total. The van der Waals surface area contributed by atoms with Gasteiger partial charge in [0.05, 0.1) is 0 Å². The third kappa shape index (κ3) is 5.59. The molecule has 96 valence electrons. The van der Waals surface area contributed by atoms with Crippen LogP contribution in [0.4, 0.5) is 5.82 Å². The van der Waals surface area contributed by atoms with Gasteiger partial charge in [-0.05, 0) is 31.8 Å². The van der Waals surface area contributed by atoms with Crippen LogP contribution in [-0.2, 0) is 6.42 Å². The van der Waals surface area contributed by atoms with Gasteiger partial charge in [-0.15, -0.1) is 0 Å². The molecule has 0 saturated carbocycles. The summed E-state index contributed by atoms with van der Waals surface area (Å²) in [4.78, 5) is 8.66. The topological polar surface area (TPSA) is 37.8 Å². The summed E-state index contributed by atoms with van der Waals surface area (Å²) in [5.74, 6) is 2.80. The number of nitrogens with one attached hydrogen (secondary N) is 1. The number of thioether (sulfide) groups is 1. The van der Waals surface area contributed by atoms with Crippen molar-refractivity contribution in [2.45, 2.75) is 39.2 Å². The molecule has 1 aromatic heterocycles. The lowest BCUT2D eigenvalue weighted by Gasteiger charge is -2.14. The fourth-order valence-corrected chi connectivity index (χ4v) is 2.28. The van der Waals surface area contributed by atoms with Crippen molar-refractivity contribution in [2.75, 3.05) is 17.3 Å². The molecule has 1 aromatic rings. The summed E-state index contributed by atoms with van der Waals surface area (Å²) in [5.41, 5.74) is 0. The van der Waals surface area contributed by atoms with Gasteiger partial charge in [0.25, 0.3) is 0 Å². The minimum atomic E-state index is 0.405. The molecule has 0 aliphatic rings. The zero-order valence-electron chi connectivity index (χ0n) is 10.7. The van der Waals surface area contributed by atoms with E-state index in [4.69, 9.17) is 11.6 Å². The maximum atomic E-state index is 5.98. The largest absolute Gasteiger partial charge is 0.367 e. The molecule has 0 saturated heterocycles. The average Bonchev–Trinajstić information content (AvgIpc) is 2.26. The van der Waals surface area contributed by atoms with E-state index in [1.807, 2.05) is 11.8 Å². The van der Waals surface area contributed by atoms with E-state index in [-0.39, 0.29) is 0 Å². The van der Waals surface area contributed by atoms with E-state index in [9.17, 15) is 0 Å². The van der Waals surface area contributed by atoms with E-state index in [1.165, 1.54) is 0 Å². The van der Waals surface area contributed by atoms with Gasteiger partial charge < -0.3 is 5.32 Å². The molecule has 5 heteroatoms. The van der Waals surface area contributed by atoms with Crippen molar-refractivity contribution >= 4 is 29.2 Å². The number of anilines is 1. The molecule has 0 aliphatic carbocycles. The van der Waals surface area contributed by atoms with E-state index >= 15 is 0 Å². The Morgan fingerprint density at radius 1 is 1.47 bits per heavy atom. The second kappa shape index (κ2) is 7.77. The smallest absolute Gasteiger partial charge is 0.134 e. The van der Waals surface area contributed by atoms with Crippen molar-refractivity contribution in [3.8, 4) is 0 Å². The lowest BCUT2D eigenvalue weighted by atomic mass is 10.2. The maximum Gasteiger partial charge on any atom is 0.134 e. The summed E-state index contributed by atoms with van der Waals surface area (Å²) >= 11 is 7.83. The van der Waals surface area contributed by atoms with E-state index in [2.05, 4.69) is 35.4 Å². The van der Waals surface area contributed by atoms with Crippen LogP contribution >= 0.6 is 23.4 Å². The molecule has 0 amide bonds. The first-order valence-corrected chi connectivity index (χ1v) is 7.71. The molecule has 0 fully saturated rings. The van der Waals surface area contributed by atoms with Gasteiger partial charge in [0.2, 0.25) is 0 Å². The first-order chi connectivity index (χ1) is 8.15. The molecule has 1 heterocycles. The lowest BCUT2D eigenvalue weighted by molar-refractivity contribution is 0.759. The predicted molar refractivity (Wildman–Crippen MR) is 77.1 cm³/mol. The monoisotopic (exact) mass is 273 g/mol. The summed E-state index contributed by atoms with van der Waals surface area (Å²) in [6.07, 6.45) is 5.13. The molecule has 0 spiro atoms. The van der Waals surface area contributed by atoms with Crippen LogP contribution in [0.3, 0.4) is 0 Å². The van der Waals surface area contributed by atoms with Crippen LogP contribution in [0.1, 0.15) is 32.5 Å². The number of aryl methyl sites for hydroxylation is 1. The van der Waals surface area contributed by atoms with Crippen LogP contribution in [0.25, 0.3) is 0 Å². The maximum absolute atomic E-state index is 5.98. The molecular formula is C12H20ClN3S. The molecule has 1 unspecified atom stereocenters. The Morgan fingerprint density at radius 2 is 2.24 bits per heavy atom. The number of hydrogen-bond donors (Lipinski definition) is 1. The van der Waals surface area contributed by atoms with Crippen molar-refractivity contribution in [2.24, 2.45) is 0 Å². The van der Waals surface area contributed by atoms with E-state index < -0.39 is 0 Å². The van der Waals surface area contributed by atoms with Crippen molar-refractivity contribution < 1.29 is 0 Å². The highest BCUT2D eigenvalue weighted by molar-refractivity contribution is 7.98. The van der Waals surface area contributed by atoms with Gasteiger partial charge in [-0.25, -0.2) is 9.97 Å². The highest BCUT2D eigenvalue weighted by Crippen LogP contribution is 2.14. The predicted octanol–water partition coefficient (Wildman–Crippen LogP) is 3.64. The number of aromatic nitrogens is 2. The van der Waals surface area contributed by atoms with Crippen LogP contribution in [0.2, 0.25) is 5.15 Å². The number of halogens is 1. The Morgan fingerprint density at radius 3 is 2.88 bits per heavy atom. The summed E-state index contributed by atoms with van der Waals surface area (Å²) in [5, 5.41) is 3.88. The van der Waals surface area contributed by atoms with Crippen molar-refractivity contribution in [1.29, 1.82) is 0 Å². The summed E-state index contributed by atoms with van der Waals surface area (Å²) in [7, 11) is 0. The highest BCUT2D eigenvalue weighted by atomic mass is 35.5. The van der Waals surface area contributed by atoms with Gasteiger partial charge in [-0.1, -0.05) is 18.5 Å². The SMILES string of the molecule is CCCc1nc(Cl)cc(NC(C)CCSC)n1. The molecule has 1 atom stereocenters. The van der Waals surface area contributed by atoms with E-state index in [1.54, 1.807) is 6.07 Å². The Labute approximate surface area is 113 Å². The van der Waals surface area contributed by atoms with Crippen LogP contribution in [-0.4, -0.2) is 28.0 Å². The molecule has 1 rings (SSSR count). The van der Waals surface area contributed by atoms with Crippen LogP contribution in [0, 0.1) is 0 Å². The standard InChI is InChI=1S/C12H20ClN3S/c1-4-5-11-15-10(13)8-12(16-11)14-9(2)6-7-17-3/h8-9H,4-7H2,1-3H3,(H,14,15,16). The Hall–Kier alpha value is -0.480. The lowest BCUT2D eigenvalue weighted by Crippen LogP contribution is -2.17. The van der Waals surface area contributed by atoms with E-state index in [0.29, 0.717) is 11.2 Å². The minimum Gasteiger partial charge on any atom is -0.367 e. The number of hydrogen-bond acceptors (Lipinski definition) is 4. The molecule has 0 aliphatic heterocycles. The second-order valence-corrected chi connectivity index (χ2v) is 5.44. The van der Waals surface area contributed by atoms with E-state index in [0.717, 1.165) is 36.7 Å². The summed E-state index contributed by atoms with van der Waals surface area (Å²) < 4.78 is 0. The quantitative estimate of drug-likeness (QED) is 0.770. The van der Waals surface area contributed by atoms with Gasteiger partial charge >= 0.3 is 0 Å². The number of nitrogens with zero attached hydrogens (tertiary/aromatic N) is 2. The van der Waals surface area contributed by atoms with Crippen LogP contribution in [0.15, 0.2) is 6.07 Å². The van der Waals surface area contributed by atoms with Gasteiger partial charge in [0, 0.05) is 18.5 Å². The highest BCUT2D eigenvalue weighted by Gasteiger charge is 2.06. The van der Waals surface area contributed by atoms with Crippen molar-refractivity contribution in [3.05, 3.63) is 17.0 Å². The summed E-state index contributed by atoms with van der Waals surface area (Å²) in [6, 6.07) is 2.19. The first-order valence-electron chi connectivity index (χ1n) is 5.94. The average molecular weight is 274 g/mol. The fourth-order valence-electron chi connectivity index (χ4n) is 1.49. The molecule has 0 aromatic carbocycles. The Kier molecular flexibility index (Phi) is 6.66. The van der Waals surface area contributed by atoms with Gasteiger partial charge in [-0.2, -0.15) is 11.8 Å². The first kappa shape index (κ1) is 14.6. The molecule has 17 heavy (non-hydrogen) atoms. The van der Waals surface area contributed by atoms with Crippen molar-refractivity contribution in [3.63, 3.8) is 0 Å². The minimum absolute atomic E-state index is 0.405. The molecule has 3 nitrogen and oxygen atoms in total. The molecular weight excluding hydrogens is 254 g/mol. The Balaban J connectivity index is 2.63. The van der Waals surface area contributed by atoms with Crippen LogP contribution in [0.5, 0.6) is 0 Å². The van der Waals surface area contributed by atoms with Gasteiger partial charge in [0.1, 0.15) is 16.8 Å². The third-order valence-corrected chi connectivity index (χ3v) is 3.20. The normalized spacial score (nSPS) is 12.5. The number of rotatable bonds is 7. The van der Waals surface area contributed by atoms with Crippen LogP contribution < -0.4 is 5.32 Å². The zero-order valence-corrected chi connectivity index (χ0v) is 12.2. The zero-order chi connectivity index (χ0) is 12.7. The van der Waals surface area contributed by atoms with Crippen molar-refractivity contribution in [1.82, 2.24) is 9.97 Å². The summed E-state index contributed by atoms with van der Waals surface area (Å²) in [6.45, 7) is 4.27. The molecule has 0 bridgehead atoms. The second-order valence-electron chi connectivity index (χ2n) is 4.07. The Bertz CT molecular complexity index is 347. The fraction of sp³-hybridized carbons (Fsp3) is 0.667.